The molecule has 12 heteroatoms. The summed E-state index contributed by atoms with van der Waals surface area (Å²) in [6, 6.07) is 5.84. The number of carbonyl (C=O) groups excluding carboxylic acids is 3. The van der Waals surface area contributed by atoms with Gasteiger partial charge in [0.25, 0.3) is 0 Å². The van der Waals surface area contributed by atoms with Crippen molar-refractivity contribution in [2.75, 3.05) is 36.5 Å². The number of likely N-dealkylation sites (tertiary alicyclic amines) is 1. The topological polar surface area (TPSA) is 103 Å². The Hall–Kier alpha value is -3.28. The second-order valence-electron chi connectivity index (χ2n) is 11.0. The van der Waals surface area contributed by atoms with Gasteiger partial charge in [0.15, 0.2) is 0 Å². The van der Waals surface area contributed by atoms with Gasteiger partial charge in [0.05, 0.1) is 24.7 Å². The summed E-state index contributed by atoms with van der Waals surface area (Å²) in [5.41, 5.74) is 2.61. The number of hydrogen-bond acceptors (Lipinski definition) is 6. The number of piperidine rings is 1. The van der Waals surface area contributed by atoms with Crippen LogP contribution in [0.25, 0.3) is 0 Å². The number of nitrogens with zero attached hydrogens (tertiary/aromatic N) is 2. The van der Waals surface area contributed by atoms with Gasteiger partial charge in [0.2, 0.25) is 11.8 Å². The van der Waals surface area contributed by atoms with Crippen LogP contribution in [0.4, 0.5) is 25.0 Å². The minimum Gasteiger partial charge on any atom is -0.375 e. The maximum atomic E-state index is 14.9. The van der Waals surface area contributed by atoms with E-state index in [4.69, 9.17) is 16.3 Å². The first-order valence-electron chi connectivity index (χ1n) is 13.4. The van der Waals surface area contributed by atoms with E-state index in [0.717, 1.165) is 37.2 Å². The zero-order valence-corrected chi connectivity index (χ0v) is 22.7. The van der Waals surface area contributed by atoms with Gasteiger partial charge in [-0.3, -0.25) is 19.8 Å². The Balaban J connectivity index is 1.04. The third-order valence-electron chi connectivity index (χ3n) is 8.33. The summed E-state index contributed by atoms with van der Waals surface area (Å²) >= 11 is 6.48. The Kier molecular flexibility index (Phi) is 7.14. The number of nitrogens with one attached hydrogen (secondary N) is 3. The molecule has 0 aliphatic carbocycles. The molecule has 4 heterocycles. The van der Waals surface area contributed by atoms with Crippen molar-refractivity contribution in [2.45, 2.75) is 56.8 Å². The van der Waals surface area contributed by atoms with Crippen molar-refractivity contribution in [3.05, 3.63) is 57.6 Å². The number of urea groups is 1. The number of ether oxygens (including phenoxy) is 1. The van der Waals surface area contributed by atoms with Crippen LogP contribution < -0.4 is 20.9 Å². The zero-order chi connectivity index (χ0) is 28.1. The average molecular weight is 574 g/mol. The van der Waals surface area contributed by atoms with Crippen molar-refractivity contribution in [1.82, 2.24) is 15.5 Å². The Bertz CT molecular complexity index is 1360. The molecule has 2 aromatic rings. The number of halogens is 3. The summed E-state index contributed by atoms with van der Waals surface area (Å²) in [6.45, 7) is 5.08. The molecule has 0 aromatic heterocycles. The molecule has 3 N–H and O–H groups in total. The van der Waals surface area contributed by atoms with Gasteiger partial charge >= 0.3 is 6.03 Å². The van der Waals surface area contributed by atoms with E-state index >= 15 is 0 Å². The number of fused-ring (bicyclic) bond motifs is 2. The SMILES string of the molecule is Cc1c(Cl)cc(NC(=O)NC2CN(c3cc(F)c([C@H]4CCC(=O)NC4=O)c(F)c3)C2)cc1CN1CC2CC1CO2. The van der Waals surface area contributed by atoms with Gasteiger partial charge in [0, 0.05) is 60.6 Å². The van der Waals surface area contributed by atoms with Crippen molar-refractivity contribution in [3.63, 3.8) is 0 Å². The highest BCUT2D eigenvalue weighted by Gasteiger charge is 2.39. The van der Waals surface area contributed by atoms with Gasteiger partial charge in [-0.1, -0.05) is 11.6 Å². The molecule has 3 atom stereocenters. The maximum Gasteiger partial charge on any atom is 0.319 e. The third kappa shape index (κ3) is 5.25. The summed E-state index contributed by atoms with van der Waals surface area (Å²) in [5.74, 6) is -3.85. The van der Waals surface area contributed by atoms with E-state index in [9.17, 15) is 23.2 Å². The van der Waals surface area contributed by atoms with Crippen LogP contribution in [0, 0.1) is 18.6 Å². The van der Waals surface area contributed by atoms with Gasteiger partial charge in [-0.25, -0.2) is 13.6 Å². The van der Waals surface area contributed by atoms with E-state index in [-0.39, 0.29) is 24.4 Å². The van der Waals surface area contributed by atoms with Crippen LogP contribution >= 0.6 is 11.6 Å². The molecule has 0 saturated carbocycles. The molecule has 4 aliphatic heterocycles. The molecule has 2 bridgehead atoms. The third-order valence-corrected chi connectivity index (χ3v) is 8.72. The van der Waals surface area contributed by atoms with Crippen LogP contribution in [0.5, 0.6) is 0 Å². The van der Waals surface area contributed by atoms with E-state index in [2.05, 4.69) is 20.9 Å². The first kappa shape index (κ1) is 26.9. The molecular weight excluding hydrogens is 544 g/mol. The summed E-state index contributed by atoms with van der Waals surface area (Å²) < 4.78 is 35.4. The molecule has 0 spiro atoms. The molecule has 9 nitrogen and oxygen atoms in total. The van der Waals surface area contributed by atoms with Crippen molar-refractivity contribution in [2.24, 2.45) is 0 Å². The monoisotopic (exact) mass is 573 g/mol. The molecule has 4 fully saturated rings. The molecule has 4 saturated heterocycles. The van der Waals surface area contributed by atoms with Crippen LogP contribution in [-0.4, -0.2) is 67.2 Å². The molecule has 0 radical (unpaired) electrons. The molecule has 4 aliphatic rings. The zero-order valence-electron chi connectivity index (χ0n) is 21.9. The number of imide groups is 1. The minimum absolute atomic E-state index is 0.0312. The highest BCUT2D eigenvalue weighted by molar-refractivity contribution is 6.31. The fraction of sp³-hybridized carbons (Fsp3) is 0.464. The lowest BCUT2D eigenvalue weighted by Gasteiger charge is -2.41. The lowest BCUT2D eigenvalue weighted by atomic mass is 9.89. The number of benzene rings is 2. The molecular formula is C28H30ClF2N5O4. The predicted octanol–water partition coefficient (Wildman–Crippen LogP) is 3.43. The summed E-state index contributed by atoms with van der Waals surface area (Å²) in [6.07, 6.45) is 1.44. The van der Waals surface area contributed by atoms with Gasteiger partial charge in [-0.2, -0.15) is 0 Å². The van der Waals surface area contributed by atoms with E-state index < -0.39 is 35.4 Å². The minimum atomic E-state index is -1.04. The average Bonchev–Trinajstić information content (AvgIpc) is 3.48. The van der Waals surface area contributed by atoms with E-state index in [1.807, 2.05) is 13.0 Å². The lowest BCUT2D eigenvalue weighted by Crippen LogP contribution is -2.60. The van der Waals surface area contributed by atoms with Crippen LogP contribution in [0.2, 0.25) is 5.02 Å². The van der Waals surface area contributed by atoms with Crippen molar-refractivity contribution in [3.8, 4) is 0 Å². The number of anilines is 2. The highest BCUT2D eigenvalue weighted by atomic mass is 35.5. The van der Waals surface area contributed by atoms with Crippen LogP contribution in [-0.2, 0) is 20.9 Å². The van der Waals surface area contributed by atoms with Crippen LogP contribution in [0.1, 0.15) is 41.9 Å². The Morgan fingerprint density at radius 1 is 1.15 bits per heavy atom. The first-order chi connectivity index (χ1) is 19.1. The normalized spacial score (nSPS) is 24.7. The number of morpholine rings is 1. The van der Waals surface area contributed by atoms with Gasteiger partial charge < -0.3 is 20.3 Å². The maximum absolute atomic E-state index is 14.9. The molecule has 2 aromatic carbocycles. The van der Waals surface area contributed by atoms with Gasteiger partial charge in [0.1, 0.15) is 11.6 Å². The number of rotatable bonds is 6. The lowest BCUT2D eigenvalue weighted by molar-refractivity contribution is -0.134. The van der Waals surface area contributed by atoms with Gasteiger partial charge in [-0.05, 0) is 55.2 Å². The summed E-state index contributed by atoms with van der Waals surface area (Å²) in [7, 11) is 0. The van der Waals surface area contributed by atoms with E-state index in [0.29, 0.717) is 41.6 Å². The fourth-order valence-corrected chi connectivity index (χ4v) is 6.29. The smallest absolute Gasteiger partial charge is 0.319 e. The van der Waals surface area contributed by atoms with Crippen LogP contribution in [0.3, 0.4) is 0 Å². The van der Waals surface area contributed by atoms with E-state index in [1.54, 1.807) is 11.0 Å². The second-order valence-corrected chi connectivity index (χ2v) is 11.5. The van der Waals surface area contributed by atoms with Crippen LogP contribution in [0.15, 0.2) is 24.3 Å². The van der Waals surface area contributed by atoms with Crippen molar-refractivity contribution < 1.29 is 27.9 Å². The number of hydrogen-bond donors (Lipinski definition) is 3. The molecule has 40 heavy (non-hydrogen) atoms. The van der Waals surface area contributed by atoms with Crippen molar-refractivity contribution in [1.29, 1.82) is 0 Å². The number of amides is 4. The van der Waals surface area contributed by atoms with E-state index in [1.165, 1.54) is 12.1 Å². The fourth-order valence-electron chi connectivity index (χ4n) is 6.05. The standard InChI is InChI=1S/C28H30ClF2N5O4/c1-14-15(9-35-12-20-6-19(35)13-40-20)4-16(5-22(14)29)32-28(39)33-17-10-36(11-17)18-7-23(30)26(24(31)8-18)21-2-3-25(37)34-27(21)38/h4-5,7-8,17,19-21H,2-3,6,9-13H2,1H3,(H2,32,33,39)(H,34,37,38)/t19?,20?,21-/m1/s1. The second kappa shape index (κ2) is 10.6. The molecule has 212 valence electrons. The summed E-state index contributed by atoms with van der Waals surface area (Å²) in [4.78, 5) is 40.3. The largest absolute Gasteiger partial charge is 0.375 e. The highest BCUT2D eigenvalue weighted by Crippen LogP contribution is 2.34. The number of carbonyl (C=O) groups is 3. The first-order valence-corrected chi connectivity index (χ1v) is 13.8. The quantitative estimate of drug-likeness (QED) is 0.458. The Labute approximate surface area is 235 Å². The molecule has 4 amide bonds. The predicted molar refractivity (Wildman–Crippen MR) is 144 cm³/mol. The molecule has 6 rings (SSSR count). The van der Waals surface area contributed by atoms with Crippen molar-refractivity contribution >= 4 is 40.8 Å². The Morgan fingerprint density at radius 2 is 1.90 bits per heavy atom. The molecule has 2 unspecified atom stereocenters. The Morgan fingerprint density at radius 3 is 2.55 bits per heavy atom. The van der Waals surface area contributed by atoms with Gasteiger partial charge in [-0.15, -0.1) is 0 Å². The summed E-state index contributed by atoms with van der Waals surface area (Å²) in [5, 5.41) is 8.44.